The molecule has 0 radical (unpaired) electrons. The fourth-order valence-electron chi connectivity index (χ4n) is 3.07. The van der Waals surface area contributed by atoms with E-state index in [9.17, 15) is 22.8 Å². The molecule has 1 aliphatic carbocycles. The lowest BCUT2D eigenvalue weighted by atomic mass is 10.1. The highest BCUT2D eigenvalue weighted by Crippen LogP contribution is 2.20. The smallest absolute Gasteiger partial charge is 0.324 e. The van der Waals surface area contributed by atoms with Gasteiger partial charge in [-0.15, -0.1) is 0 Å². The molecule has 0 aromatic heterocycles. The number of esters is 1. The highest BCUT2D eigenvalue weighted by molar-refractivity contribution is 7.89. The van der Waals surface area contributed by atoms with Gasteiger partial charge in [0.25, 0.3) is 11.8 Å². The van der Waals surface area contributed by atoms with Crippen LogP contribution >= 0.6 is 0 Å². The number of carbonyl (C=O) groups excluding carboxylic acids is 3. The summed E-state index contributed by atoms with van der Waals surface area (Å²) in [5.41, 5.74) is 1.69. The molecular weight excluding hydrogens is 458 g/mol. The van der Waals surface area contributed by atoms with Gasteiger partial charge in [-0.3, -0.25) is 14.4 Å². The molecule has 0 heterocycles. The van der Waals surface area contributed by atoms with Gasteiger partial charge in [0.05, 0.1) is 4.90 Å². The van der Waals surface area contributed by atoms with Gasteiger partial charge in [-0.1, -0.05) is 37.6 Å². The third-order valence-corrected chi connectivity index (χ3v) is 6.66. The van der Waals surface area contributed by atoms with Crippen molar-refractivity contribution in [3.8, 4) is 0 Å². The van der Waals surface area contributed by atoms with Gasteiger partial charge in [0.15, 0.2) is 6.61 Å². The standard InChI is InChI=1S/C24H29N3O6S/c1-15(2)22(27-34(31,32)20-11-7-16(3)8-12-20)24(30)33-14-21(28)25-19-6-4-5-17(13-19)23(29)26-18-9-10-18/h4-8,11-13,15,18,22,27H,9-10,14H2,1-3H3,(H,25,28)(H,26,29)/t22-/m0/s1. The summed E-state index contributed by atoms with van der Waals surface area (Å²) < 4.78 is 32.8. The minimum Gasteiger partial charge on any atom is -0.454 e. The summed E-state index contributed by atoms with van der Waals surface area (Å²) in [6.07, 6.45) is 1.93. The van der Waals surface area contributed by atoms with E-state index in [0.29, 0.717) is 11.3 Å². The number of nitrogens with one attached hydrogen (secondary N) is 3. The monoisotopic (exact) mass is 487 g/mol. The van der Waals surface area contributed by atoms with E-state index in [1.165, 1.54) is 18.2 Å². The summed E-state index contributed by atoms with van der Waals surface area (Å²) in [4.78, 5) is 37.1. The topological polar surface area (TPSA) is 131 Å². The molecule has 3 rings (SSSR count). The van der Waals surface area contributed by atoms with Crippen LogP contribution in [0, 0.1) is 12.8 Å². The molecule has 1 fully saturated rings. The second-order valence-electron chi connectivity index (χ2n) is 8.64. The number of ether oxygens (including phenoxy) is 1. The summed E-state index contributed by atoms with van der Waals surface area (Å²) >= 11 is 0. The van der Waals surface area contributed by atoms with Crippen LogP contribution in [0.3, 0.4) is 0 Å². The van der Waals surface area contributed by atoms with Crippen LogP contribution in [-0.2, 0) is 24.3 Å². The maximum absolute atomic E-state index is 12.7. The van der Waals surface area contributed by atoms with E-state index in [-0.39, 0.29) is 16.8 Å². The van der Waals surface area contributed by atoms with Gasteiger partial charge in [0.1, 0.15) is 6.04 Å². The van der Waals surface area contributed by atoms with Crippen LogP contribution in [0.15, 0.2) is 53.4 Å². The lowest BCUT2D eigenvalue weighted by Gasteiger charge is -2.20. The van der Waals surface area contributed by atoms with E-state index in [4.69, 9.17) is 4.74 Å². The number of rotatable bonds is 10. The van der Waals surface area contributed by atoms with Crippen molar-refractivity contribution in [1.29, 1.82) is 0 Å². The fraction of sp³-hybridized carbons (Fsp3) is 0.375. The van der Waals surface area contributed by atoms with Crippen LogP contribution in [-0.4, -0.2) is 44.9 Å². The van der Waals surface area contributed by atoms with Crippen molar-refractivity contribution in [2.45, 2.75) is 50.6 Å². The highest BCUT2D eigenvalue weighted by Gasteiger charge is 2.30. The van der Waals surface area contributed by atoms with Crippen molar-refractivity contribution < 1.29 is 27.5 Å². The number of anilines is 1. The van der Waals surface area contributed by atoms with Crippen LogP contribution < -0.4 is 15.4 Å². The number of amides is 2. The maximum atomic E-state index is 12.7. The zero-order valence-corrected chi connectivity index (χ0v) is 20.1. The molecule has 1 atom stereocenters. The first-order valence-corrected chi connectivity index (χ1v) is 12.5. The Labute approximate surface area is 199 Å². The third-order valence-electron chi connectivity index (χ3n) is 5.20. The Morgan fingerprint density at radius 2 is 1.74 bits per heavy atom. The Kier molecular flexibility index (Phi) is 8.06. The minimum absolute atomic E-state index is 0.0277. The largest absolute Gasteiger partial charge is 0.454 e. The molecule has 182 valence electrons. The van der Waals surface area contributed by atoms with Crippen molar-refractivity contribution >= 4 is 33.5 Å². The van der Waals surface area contributed by atoms with E-state index in [1.807, 2.05) is 6.92 Å². The van der Waals surface area contributed by atoms with Crippen LogP contribution in [0.5, 0.6) is 0 Å². The quantitative estimate of drug-likeness (QED) is 0.441. The molecule has 1 saturated carbocycles. The maximum Gasteiger partial charge on any atom is 0.324 e. The summed E-state index contributed by atoms with van der Waals surface area (Å²) in [5.74, 6) is -2.11. The van der Waals surface area contributed by atoms with Gasteiger partial charge in [-0.25, -0.2) is 8.42 Å². The number of hydrogen-bond acceptors (Lipinski definition) is 6. The van der Waals surface area contributed by atoms with E-state index < -0.39 is 40.5 Å². The van der Waals surface area contributed by atoms with E-state index in [0.717, 1.165) is 18.4 Å². The Morgan fingerprint density at radius 1 is 1.06 bits per heavy atom. The first-order chi connectivity index (χ1) is 16.0. The molecule has 2 aromatic carbocycles. The van der Waals surface area contributed by atoms with Gasteiger partial charge < -0.3 is 15.4 Å². The third kappa shape index (κ3) is 7.13. The van der Waals surface area contributed by atoms with Gasteiger partial charge in [0.2, 0.25) is 10.0 Å². The van der Waals surface area contributed by atoms with Gasteiger partial charge in [0, 0.05) is 17.3 Å². The number of hydrogen-bond donors (Lipinski definition) is 3. The summed E-state index contributed by atoms with van der Waals surface area (Å²) in [5, 5.41) is 5.44. The van der Waals surface area contributed by atoms with Gasteiger partial charge in [-0.05, 0) is 56.0 Å². The predicted molar refractivity (Wildman–Crippen MR) is 127 cm³/mol. The molecule has 1 aliphatic rings. The molecule has 0 spiro atoms. The Balaban J connectivity index is 1.56. The Morgan fingerprint density at radius 3 is 2.35 bits per heavy atom. The Bertz CT molecular complexity index is 1160. The Hall–Kier alpha value is -3.24. The normalized spacial score (nSPS) is 14.4. The zero-order chi connectivity index (χ0) is 24.9. The van der Waals surface area contributed by atoms with Crippen LogP contribution in [0.1, 0.15) is 42.6 Å². The van der Waals surface area contributed by atoms with E-state index >= 15 is 0 Å². The van der Waals surface area contributed by atoms with Crippen molar-refractivity contribution in [1.82, 2.24) is 10.0 Å². The van der Waals surface area contributed by atoms with Gasteiger partial charge >= 0.3 is 5.97 Å². The number of carbonyl (C=O) groups is 3. The molecule has 34 heavy (non-hydrogen) atoms. The molecule has 2 aromatic rings. The lowest BCUT2D eigenvalue weighted by molar-refractivity contribution is -0.150. The minimum atomic E-state index is -3.96. The first-order valence-electron chi connectivity index (χ1n) is 11.0. The molecular formula is C24H29N3O6S. The molecule has 0 bridgehead atoms. The molecule has 9 nitrogen and oxygen atoms in total. The average molecular weight is 488 g/mol. The second-order valence-corrected chi connectivity index (χ2v) is 10.4. The molecule has 0 aliphatic heterocycles. The van der Waals surface area contributed by atoms with Crippen LogP contribution in [0.2, 0.25) is 0 Å². The second kappa shape index (κ2) is 10.8. The highest BCUT2D eigenvalue weighted by atomic mass is 32.2. The number of benzene rings is 2. The van der Waals surface area contributed by atoms with Gasteiger partial charge in [-0.2, -0.15) is 4.72 Å². The summed E-state index contributed by atoms with van der Waals surface area (Å²) in [7, 11) is -3.96. The lowest BCUT2D eigenvalue weighted by Crippen LogP contribution is -2.45. The van der Waals surface area contributed by atoms with Crippen molar-refractivity contribution in [3.63, 3.8) is 0 Å². The number of sulfonamides is 1. The number of aryl methyl sites for hydroxylation is 1. The van der Waals surface area contributed by atoms with E-state index in [1.54, 1.807) is 44.2 Å². The molecule has 10 heteroatoms. The first kappa shape index (κ1) is 25.4. The van der Waals surface area contributed by atoms with Crippen LogP contribution in [0.4, 0.5) is 5.69 Å². The molecule has 0 unspecified atom stereocenters. The van der Waals surface area contributed by atoms with Crippen LogP contribution in [0.25, 0.3) is 0 Å². The zero-order valence-electron chi connectivity index (χ0n) is 19.3. The van der Waals surface area contributed by atoms with E-state index in [2.05, 4.69) is 15.4 Å². The molecule has 0 saturated heterocycles. The molecule has 2 amide bonds. The average Bonchev–Trinajstić information content (AvgIpc) is 3.60. The molecule has 3 N–H and O–H groups in total. The summed E-state index contributed by atoms with van der Waals surface area (Å²) in [6.45, 7) is 4.57. The predicted octanol–water partition coefficient (Wildman–Crippen LogP) is 2.37. The van der Waals surface area contributed by atoms with Crippen molar-refractivity contribution in [3.05, 3.63) is 59.7 Å². The summed E-state index contributed by atoms with van der Waals surface area (Å²) in [6, 6.07) is 11.7. The fourth-order valence-corrected chi connectivity index (χ4v) is 4.40. The van der Waals surface area contributed by atoms with Crippen molar-refractivity contribution in [2.75, 3.05) is 11.9 Å². The SMILES string of the molecule is Cc1ccc(S(=O)(=O)N[C@H](C(=O)OCC(=O)Nc2cccc(C(=O)NC3CC3)c2)C(C)C)cc1. The van der Waals surface area contributed by atoms with Crippen molar-refractivity contribution in [2.24, 2.45) is 5.92 Å².